The molecule has 4 saturated carbocycles. The van der Waals surface area contributed by atoms with Crippen LogP contribution in [-0.2, 0) is 4.79 Å². The standard InChI is InChI=1S/C30H47NO3/c1-25(2)21-10-13-30(7)22(28(21,5)12-11-23(25)31-34)9-8-19-20-18-27(4,24(32)33)15-14-26(20,3)16-17-29(19,30)6/h8,20-22,34H,9-18H2,1-7H3,(H,32,33)/b31-23-/t20-,21-,22+,26+,27+,28-,29+,30+/m0/s1. The molecule has 190 valence electrons. The first-order chi connectivity index (χ1) is 15.7. The van der Waals surface area contributed by atoms with Crippen LogP contribution in [0.4, 0.5) is 0 Å². The van der Waals surface area contributed by atoms with Gasteiger partial charge in [0, 0.05) is 5.41 Å². The van der Waals surface area contributed by atoms with Gasteiger partial charge in [0.15, 0.2) is 0 Å². The second-order valence-electron chi connectivity index (χ2n) is 14.8. The largest absolute Gasteiger partial charge is 0.481 e. The number of fused-ring (bicyclic) bond motifs is 7. The summed E-state index contributed by atoms with van der Waals surface area (Å²) in [5.74, 6) is 0.933. The average Bonchev–Trinajstić information content (AvgIpc) is 2.75. The fourth-order valence-electron chi connectivity index (χ4n) is 10.5. The molecule has 0 aliphatic heterocycles. The molecule has 0 spiro atoms. The van der Waals surface area contributed by atoms with E-state index in [9.17, 15) is 15.1 Å². The van der Waals surface area contributed by atoms with Crippen LogP contribution < -0.4 is 0 Å². The van der Waals surface area contributed by atoms with Gasteiger partial charge in [-0.25, -0.2) is 0 Å². The monoisotopic (exact) mass is 469 g/mol. The van der Waals surface area contributed by atoms with Crippen molar-refractivity contribution in [1.29, 1.82) is 0 Å². The number of carboxylic acids is 1. The second kappa shape index (κ2) is 7.13. The van der Waals surface area contributed by atoms with Crippen LogP contribution in [0.2, 0.25) is 0 Å². The third kappa shape index (κ3) is 2.83. The Balaban J connectivity index is 1.57. The topological polar surface area (TPSA) is 69.9 Å². The maximum absolute atomic E-state index is 12.3. The number of nitrogens with zero attached hydrogens (tertiary/aromatic N) is 1. The van der Waals surface area contributed by atoms with Gasteiger partial charge >= 0.3 is 5.97 Å². The molecule has 4 nitrogen and oxygen atoms in total. The van der Waals surface area contributed by atoms with Crippen molar-refractivity contribution in [2.75, 3.05) is 0 Å². The van der Waals surface area contributed by atoms with Crippen LogP contribution in [-0.4, -0.2) is 22.0 Å². The zero-order valence-corrected chi connectivity index (χ0v) is 22.6. The first-order valence-corrected chi connectivity index (χ1v) is 13.8. The third-order valence-electron chi connectivity index (χ3n) is 13.3. The van der Waals surface area contributed by atoms with E-state index in [1.807, 2.05) is 6.92 Å². The smallest absolute Gasteiger partial charge is 0.309 e. The number of oxime groups is 1. The summed E-state index contributed by atoms with van der Waals surface area (Å²) in [5, 5.41) is 23.6. The molecule has 0 aromatic heterocycles. The Kier molecular flexibility index (Phi) is 5.11. The van der Waals surface area contributed by atoms with Gasteiger partial charge < -0.3 is 10.3 Å². The second-order valence-corrected chi connectivity index (χ2v) is 14.8. The quantitative estimate of drug-likeness (QED) is 0.235. The number of allylic oxidation sites excluding steroid dienone is 2. The van der Waals surface area contributed by atoms with Crippen LogP contribution in [0, 0.1) is 50.2 Å². The molecule has 4 fully saturated rings. The molecule has 5 aliphatic rings. The lowest BCUT2D eigenvalue weighted by Crippen LogP contribution is -2.64. The van der Waals surface area contributed by atoms with Crippen LogP contribution in [0.15, 0.2) is 16.8 Å². The van der Waals surface area contributed by atoms with Gasteiger partial charge in [-0.15, -0.1) is 0 Å². The lowest BCUT2D eigenvalue weighted by atomic mass is 9.33. The summed E-state index contributed by atoms with van der Waals surface area (Å²) in [6.07, 6.45) is 13.2. The van der Waals surface area contributed by atoms with Crippen molar-refractivity contribution in [1.82, 2.24) is 0 Å². The van der Waals surface area contributed by atoms with Gasteiger partial charge in [0.1, 0.15) is 0 Å². The molecule has 34 heavy (non-hydrogen) atoms. The van der Waals surface area contributed by atoms with Gasteiger partial charge in [0.25, 0.3) is 0 Å². The Morgan fingerprint density at radius 2 is 1.62 bits per heavy atom. The highest BCUT2D eigenvalue weighted by Crippen LogP contribution is 2.75. The van der Waals surface area contributed by atoms with Gasteiger partial charge in [-0.05, 0) is 111 Å². The first kappa shape index (κ1) is 24.4. The molecule has 5 rings (SSSR count). The summed E-state index contributed by atoms with van der Waals surface area (Å²) >= 11 is 0. The lowest BCUT2D eigenvalue weighted by molar-refractivity contribution is -0.169. The first-order valence-electron chi connectivity index (χ1n) is 13.8. The highest BCUT2D eigenvalue weighted by Gasteiger charge is 2.68. The van der Waals surface area contributed by atoms with Crippen molar-refractivity contribution in [3.8, 4) is 0 Å². The SMILES string of the molecule is CC1(C)/C(=N\O)CC[C@]2(C)[C@H]3CC=C4[C@@H]5C[C@](C)(C(=O)O)CC[C@]5(C)CC[C@@]4(C)[C@]3(C)CC[C@@H]12. The summed E-state index contributed by atoms with van der Waals surface area (Å²) in [7, 11) is 0. The van der Waals surface area contributed by atoms with E-state index in [1.54, 1.807) is 5.57 Å². The van der Waals surface area contributed by atoms with Gasteiger partial charge in [0.2, 0.25) is 0 Å². The number of aliphatic carboxylic acids is 1. The minimum absolute atomic E-state index is 0.0637. The van der Waals surface area contributed by atoms with Crippen molar-refractivity contribution in [3.63, 3.8) is 0 Å². The maximum atomic E-state index is 12.3. The summed E-state index contributed by atoms with van der Waals surface area (Å²) in [6, 6.07) is 0. The molecule has 0 amide bonds. The zero-order chi connectivity index (χ0) is 24.9. The van der Waals surface area contributed by atoms with Gasteiger partial charge in [0.05, 0.1) is 11.1 Å². The minimum Gasteiger partial charge on any atom is -0.481 e. The Morgan fingerprint density at radius 1 is 0.941 bits per heavy atom. The summed E-state index contributed by atoms with van der Waals surface area (Å²) in [5.41, 5.74) is 2.78. The van der Waals surface area contributed by atoms with E-state index in [1.165, 1.54) is 25.7 Å². The van der Waals surface area contributed by atoms with Crippen LogP contribution in [0.5, 0.6) is 0 Å². The average molecular weight is 470 g/mol. The Morgan fingerprint density at radius 3 is 2.26 bits per heavy atom. The van der Waals surface area contributed by atoms with Crippen LogP contribution in [0.3, 0.4) is 0 Å². The molecule has 2 N–H and O–H groups in total. The van der Waals surface area contributed by atoms with Crippen molar-refractivity contribution >= 4 is 11.7 Å². The molecule has 0 bridgehead atoms. The van der Waals surface area contributed by atoms with Crippen LogP contribution in [0.25, 0.3) is 0 Å². The lowest BCUT2D eigenvalue weighted by Gasteiger charge is -2.71. The Labute approximate surface area is 206 Å². The van der Waals surface area contributed by atoms with E-state index in [4.69, 9.17) is 0 Å². The zero-order valence-electron chi connectivity index (χ0n) is 22.6. The summed E-state index contributed by atoms with van der Waals surface area (Å²) < 4.78 is 0. The highest BCUT2D eigenvalue weighted by molar-refractivity contribution is 5.90. The van der Waals surface area contributed by atoms with Crippen LogP contribution in [0.1, 0.15) is 113 Å². The third-order valence-corrected chi connectivity index (χ3v) is 13.3. The molecule has 8 atom stereocenters. The highest BCUT2D eigenvalue weighted by atomic mass is 16.4. The maximum Gasteiger partial charge on any atom is 0.309 e. The molecule has 0 heterocycles. The number of hydrogen-bond donors (Lipinski definition) is 2. The Bertz CT molecular complexity index is 966. The van der Waals surface area contributed by atoms with Crippen molar-refractivity contribution in [3.05, 3.63) is 11.6 Å². The van der Waals surface area contributed by atoms with Crippen molar-refractivity contribution < 1.29 is 15.1 Å². The number of rotatable bonds is 1. The van der Waals surface area contributed by atoms with E-state index in [2.05, 4.69) is 52.8 Å². The van der Waals surface area contributed by atoms with E-state index < -0.39 is 11.4 Å². The predicted molar refractivity (Wildman–Crippen MR) is 136 cm³/mol. The van der Waals surface area contributed by atoms with E-state index in [0.29, 0.717) is 17.8 Å². The number of hydrogen-bond acceptors (Lipinski definition) is 3. The predicted octanol–water partition coefficient (Wildman–Crippen LogP) is 7.70. The van der Waals surface area contributed by atoms with E-state index in [0.717, 1.165) is 44.2 Å². The molecular formula is C30H47NO3. The molecular weight excluding hydrogens is 422 g/mol. The molecule has 0 aromatic rings. The summed E-state index contributed by atoms with van der Waals surface area (Å²) in [4.78, 5) is 12.3. The van der Waals surface area contributed by atoms with Crippen molar-refractivity contribution in [2.45, 2.75) is 113 Å². The fraction of sp³-hybridized carbons (Fsp3) is 0.867. The van der Waals surface area contributed by atoms with Gasteiger partial charge in [-0.1, -0.05) is 58.3 Å². The number of carboxylic acid groups (broad SMARTS) is 1. The molecule has 4 heteroatoms. The Hall–Kier alpha value is -1.32. The normalized spacial score (nSPS) is 53.1. The summed E-state index contributed by atoms with van der Waals surface area (Å²) in [6.45, 7) is 16.7. The van der Waals surface area contributed by atoms with Crippen LogP contribution >= 0.6 is 0 Å². The number of carbonyl (C=O) groups is 1. The molecule has 0 saturated heterocycles. The molecule has 0 aromatic carbocycles. The fourth-order valence-corrected chi connectivity index (χ4v) is 10.5. The molecule has 0 unspecified atom stereocenters. The minimum atomic E-state index is -0.610. The van der Waals surface area contributed by atoms with Gasteiger partial charge in [-0.2, -0.15) is 0 Å². The van der Waals surface area contributed by atoms with Crippen molar-refractivity contribution in [2.24, 2.45) is 55.4 Å². The molecule has 0 radical (unpaired) electrons. The van der Waals surface area contributed by atoms with Gasteiger partial charge in [-0.3, -0.25) is 4.79 Å². The molecule has 5 aliphatic carbocycles. The van der Waals surface area contributed by atoms with E-state index >= 15 is 0 Å². The van der Waals surface area contributed by atoms with E-state index in [-0.39, 0.29) is 27.1 Å².